The number of amides is 1. The van der Waals surface area contributed by atoms with Crippen molar-refractivity contribution >= 4 is 5.91 Å². The molecule has 1 amide bonds. The van der Waals surface area contributed by atoms with E-state index in [-0.39, 0.29) is 18.0 Å². The molecule has 0 spiro atoms. The minimum atomic E-state index is -0.0903. The van der Waals surface area contributed by atoms with E-state index >= 15 is 0 Å². The highest BCUT2D eigenvalue weighted by atomic mass is 16.4. The van der Waals surface area contributed by atoms with Crippen LogP contribution in [0.2, 0.25) is 0 Å². The van der Waals surface area contributed by atoms with Crippen molar-refractivity contribution in [3.8, 4) is 0 Å². The van der Waals surface area contributed by atoms with Crippen molar-refractivity contribution in [2.45, 2.75) is 52.1 Å². The van der Waals surface area contributed by atoms with E-state index in [0.717, 1.165) is 38.1 Å². The van der Waals surface area contributed by atoms with Crippen LogP contribution < -0.4 is 5.32 Å². The highest BCUT2D eigenvalue weighted by Crippen LogP contribution is 2.24. The Morgan fingerprint density at radius 3 is 3.05 bits per heavy atom. The van der Waals surface area contributed by atoms with Gasteiger partial charge in [0.05, 0.1) is 12.2 Å². The van der Waals surface area contributed by atoms with Gasteiger partial charge in [-0.25, -0.2) is 4.98 Å². The molecule has 2 rings (SSSR count). The van der Waals surface area contributed by atoms with Gasteiger partial charge in [-0.05, 0) is 39.7 Å². The second-order valence-electron chi connectivity index (χ2n) is 5.17. The Morgan fingerprint density at radius 2 is 2.42 bits per heavy atom. The van der Waals surface area contributed by atoms with Gasteiger partial charge in [-0.2, -0.15) is 0 Å². The lowest BCUT2D eigenvalue weighted by Crippen LogP contribution is -2.51. The normalized spacial score (nSPS) is 21.7. The molecule has 1 saturated heterocycles. The number of aromatic nitrogens is 1. The van der Waals surface area contributed by atoms with Gasteiger partial charge in [-0.3, -0.25) is 4.79 Å². The van der Waals surface area contributed by atoms with Crippen LogP contribution in [0, 0.1) is 6.92 Å². The van der Waals surface area contributed by atoms with E-state index in [1.54, 1.807) is 6.20 Å². The van der Waals surface area contributed by atoms with Crippen molar-refractivity contribution in [1.82, 2.24) is 15.2 Å². The Balaban J connectivity index is 2.04. The molecule has 0 aliphatic carbocycles. The van der Waals surface area contributed by atoms with Gasteiger partial charge in [0, 0.05) is 6.54 Å². The van der Waals surface area contributed by atoms with Crippen molar-refractivity contribution in [3.05, 3.63) is 17.8 Å². The molecule has 0 bridgehead atoms. The third kappa shape index (κ3) is 3.15. The molecule has 1 fully saturated rings. The van der Waals surface area contributed by atoms with Crippen molar-refractivity contribution in [3.63, 3.8) is 0 Å². The highest BCUT2D eigenvalue weighted by Gasteiger charge is 2.33. The molecule has 5 heteroatoms. The molecule has 106 valence electrons. The minimum absolute atomic E-state index is 0.0489. The molecule has 0 aromatic carbocycles. The average molecular weight is 265 g/mol. The number of rotatable bonds is 5. The van der Waals surface area contributed by atoms with Crippen LogP contribution in [0.15, 0.2) is 10.6 Å². The maximum absolute atomic E-state index is 12.4. The van der Waals surface area contributed by atoms with E-state index < -0.39 is 0 Å². The number of carbonyl (C=O) groups is 1. The smallest absolute Gasteiger partial charge is 0.240 e. The molecule has 2 unspecified atom stereocenters. The lowest BCUT2D eigenvalue weighted by Gasteiger charge is -2.35. The van der Waals surface area contributed by atoms with E-state index in [0.29, 0.717) is 5.89 Å². The fourth-order valence-electron chi connectivity index (χ4n) is 2.49. The molecule has 1 aliphatic rings. The quantitative estimate of drug-likeness (QED) is 0.885. The molecule has 2 atom stereocenters. The Morgan fingerprint density at radius 1 is 1.63 bits per heavy atom. The first-order valence-corrected chi connectivity index (χ1v) is 7.09. The van der Waals surface area contributed by atoms with Gasteiger partial charge >= 0.3 is 0 Å². The number of carbonyl (C=O) groups excluding carboxylic acids is 1. The maximum atomic E-state index is 12.4. The molecule has 0 saturated carbocycles. The maximum Gasteiger partial charge on any atom is 0.240 e. The highest BCUT2D eigenvalue weighted by molar-refractivity contribution is 5.82. The zero-order valence-electron chi connectivity index (χ0n) is 12.0. The Hall–Kier alpha value is -1.36. The third-order valence-electron chi connectivity index (χ3n) is 3.58. The molecule has 0 radical (unpaired) electrons. The summed E-state index contributed by atoms with van der Waals surface area (Å²) in [6.45, 7) is 7.62. The molecule has 2 heterocycles. The van der Waals surface area contributed by atoms with Crippen molar-refractivity contribution < 1.29 is 9.21 Å². The lowest BCUT2D eigenvalue weighted by molar-refractivity contribution is -0.138. The van der Waals surface area contributed by atoms with Gasteiger partial charge in [0.15, 0.2) is 0 Å². The van der Waals surface area contributed by atoms with Gasteiger partial charge in [0.2, 0.25) is 11.8 Å². The molecule has 5 nitrogen and oxygen atoms in total. The summed E-state index contributed by atoms with van der Waals surface area (Å²) in [6.07, 6.45) is 4.69. The summed E-state index contributed by atoms with van der Waals surface area (Å²) in [5.41, 5.74) is 0. The first kappa shape index (κ1) is 14.1. The van der Waals surface area contributed by atoms with E-state index in [4.69, 9.17) is 4.42 Å². The van der Waals surface area contributed by atoms with Gasteiger partial charge in [-0.1, -0.05) is 6.92 Å². The number of piperidine rings is 1. The summed E-state index contributed by atoms with van der Waals surface area (Å²) in [4.78, 5) is 18.6. The van der Waals surface area contributed by atoms with E-state index in [1.165, 1.54) is 0 Å². The Bertz CT molecular complexity index is 430. The van der Waals surface area contributed by atoms with Crippen molar-refractivity contribution in [2.24, 2.45) is 0 Å². The molecule has 1 aliphatic heterocycles. The molecular formula is C14H23N3O2. The monoisotopic (exact) mass is 265 g/mol. The van der Waals surface area contributed by atoms with Crippen LogP contribution in [0.1, 0.15) is 50.8 Å². The summed E-state index contributed by atoms with van der Waals surface area (Å²) < 4.78 is 5.54. The molecule has 1 aromatic heterocycles. The van der Waals surface area contributed by atoms with Gasteiger partial charge in [0.1, 0.15) is 11.8 Å². The summed E-state index contributed by atoms with van der Waals surface area (Å²) >= 11 is 0. The number of oxazole rings is 1. The summed E-state index contributed by atoms with van der Waals surface area (Å²) in [7, 11) is 0. The summed E-state index contributed by atoms with van der Waals surface area (Å²) in [6, 6.07) is -0.139. The largest absolute Gasteiger partial charge is 0.444 e. The lowest BCUT2D eigenvalue weighted by atomic mass is 10.0. The van der Waals surface area contributed by atoms with Crippen LogP contribution in [0.25, 0.3) is 0 Å². The second-order valence-corrected chi connectivity index (χ2v) is 5.17. The van der Waals surface area contributed by atoms with Crippen molar-refractivity contribution in [2.75, 3.05) is 13.1 Å². The zero-order valence-corrected chi connectivity index (χ0v) is 12.0. The van der Waals surface area contributed by atoms with E-state index in [1.807, 2.05) is 18.7 Å². The van der Waals surface area contributed by atoms with E-state index in [2.05, 4.69) is 17.2 Å². The number of aryl methyl sites for hydroxylation is 1. The first-order chi connectivity index (χ1) is 9.13. The number of likely N-dealkylation sites (tertiary alicyclic amines) is 1. The van der Waals surface area contributed by atoms with Crippen molar-refractivity contribution in [1.29, 1.82) is 0 Å². The second kappa shape index (κ2) is 6.19. The average Bonchev–Trinajstić information content (AvgIpc) is 2.83. The van der Waals surface area contributed by atoms with Gasteiger partial charge < -0.3 is 14.6 Å². The fourth-order valence-corrected chi connectivity index (χ4v) is 2.49. The van der Waals surface area contributed by atoms with Gasteiger partial charge in [0.25, 0.3) is 0 Å². The summed E-state index contributed by atoms with van der Waals surface area (Å²) in [5, 5.41) is 3.32. The topological polar surface area (TPSA) is 58.4 Å². The standard InChI is InChI=1S/C14H23N3O2/c1-4-7-15-12-6-5-8-17(14(12)18)11(3)13-16-9-10(2)19-13/h9,11-12,15H,4-8H2,1-3H3. The molecule has 19 heavy (non-hydrogen) atoms. The third-order valence-corrected chi connectivity index (χ3v) is 3.58. The van der Waals surface area contributed by atoms with Crippen LogP contribution in [0.4, 0.5) is 0 Å². The van der Waals surface area contributed by atoms with Crippen LogP contribution in [0.5, 0.6) is 0 Å². The van der Waals surface area contributed by atoms with Crippen LogP contribution >= 0.6 is 0 Å². The van der Waals surface area contributed by atoms with E-state index in [9.17, 15) is 4.79 Å². The molecular weight excluding hydrogens is 242 g/mol. The number of hydrogen-bond acceptors (Lipinski definition) is 4. The number of nitrogens with zero attached hydrogens (tertiary/aromatic N) is 2. The molecule has 1 aromatic rings. The SMILES string of the molecule is CCCNC1CCCN(C(C)c2ncc(C)o2)C1=O. The zero-order chi connectivity index (χ0) is 13.8. The van der Waals surface area contributed by atoms with Crippen LogP contribution in [0.3, 0.4) is 0 Å². The van der Waals surface area contributed by atoms with Crippen LogP contribution in [-0.2, 0) is 4.79 Å². The Kier molecular flexibility index (Phi) is 4.58. The summed E-state index contributed by atoms with van der Waals surface area (Å²) in [5.74, 6) is 1.58. The fraction of sp³-hybridized carbons (Fsp3) is 0.714. The Labute approximate surface area is 114 Å². The predicted octanol–water partition coefficient (Wildman–Crippen LogP) is 2.03. The predicted molar refractivity (Wildman–Crippen MR) is 72.7 cm³/mol. The number of nitrogens with one attached hydrogen (secondary N) is 1. The number of hydrogen-bond donors (Lipinski definition) is 1. The van der Waals surface area contributed by atoms with Gasteiger partial charge in [-0.15, -0.1) is 0 Å². The van der Waals surface area contributed by atoms with Crippen LogP contribution in [-0.4, -0.2) is 34.9 Å². The molecule has 1 N–H and O–H groups in total. The first-order valence-electron chi connectivity index (χ1n) is 7.09. The minimum Gasteiger partial charge on any atom is -0.444 e.